The van der Waals surface area contributed by atoms with Gasteiger partial charge in [0.2, 0.25) is 0 Å². The molecule has 2 aromatic rings. The Morgan fingerprint density at radius 3 is 1.96 bits per heavy atom. The van der Waals surface area contributed by atoms with Crippen LogP contribution in [-0.4, -0.2) is 13.1 Å². The normalized spacial score (nSPS) is 17.7. The van der Waals surface area contributed by atoms with Crippen LogP contribution in [0.25, 0.3) is 11.1 Å². The van der Waals surface area contributed by atoms with Gasteiger partial charge >= 0.3 is 6.18 Å². The third kappa shape index (κ3) is 6.97. The molecule has 0 unspecified atom stereocenters. The van der Waals surface area contributed by atoms with Crippen LogP contribution in [0.5, 0.6) is 0 Å². The molecule has 0 bridgehead atoms. The number of piperidine rings is 1. The molecular weight excluding hydrogens is 359 g/mol. The van der Waals surface area contributed by atoms with Crippen LogP contribution in [0.3, 0.4) is 0 Å². The van der Waals surface area contributed by atoms with Gasteiger partial charge in [-0.05, 0) is 61.0 Å². The molecule has 0 atom stereocenters. The Bertz CT molecular complexity index is 701. The summed E-state index contributed by atoms with van der Waals surface area (Å²) in [4.78, 5) is 0. The molecule has 1 saturated heterocycles. The predicted molar refractivity (Wildman–Crippen MR) is 109 cm³/mol. The minimum absolute atomic E-state index is 0.579. The topological polar surface area (TPSA) is 12.0 Å². The van der Waals surface area contributed by atoms with E-state index in [1.807, 2.05) is 6.07 Å². The van der Waals surface area contributed by atoms with E-state index in [4.69, 9.17) is 0 Å². The summed E-state index contributed by atoms with van der Waals surface area (Å²) in [6.07, 6.45) is 6.20. The Morgan fingerprint density at radius 1 is 0.750 bits per heavy atom. The lowest BCUT2D eigenvalue weighted by Gasteiger charge is -2.22. The maximum Gasteiger partial charge on any atom is 0.416 e. The number of alkyl halides is 3. The second-order valence-corrected chi connectivity index (χ2v) is 8.01. The summed E-state index contributed by atoms with van der Waals surface area (Å²) in [5.41, 5.74) is 0.748. The first kappa shape index (κ1) is 20.9. The number of rotatable bonds is 5. The first-order valence-electron chi connectivity index (χ1n) is 10.5. The van der Waals surface area contributed by atoms with Crippen LogP contribution >= 0.6 is 0 Å². The molecule has 28 heavy (non-hydrogen) atoms. The zero-order valence-corrected chi connectivity index (χ0v) is 16.3. The van der Waals surface area contributed by atoms with Crippen molar-refractivity contribution in [1.82, 2.24) is 5.32 Å². The summed E-state index contributed by atoms with van der Waals surface area (Å²) in [6, 6.07) is 14.3. The molecule has 152 valence electrons. The second kappa shape index (κ2) is 10.1. The summed E-state index contributed by atoms with van der Waals surface area (Å²) < 4.78 is 37.5. The highest BCUT2D eigenvalue weighted by atomic mass is 19.4. The van der Waals surface area contributed by atoms with Crippen LogP contribution in [0.1, 0.15) is 50.5 Å². The predicted octanol–water partition coefficient (Wildman–Crippen LogP) is 6.94. The van der Waals surface area contributed by atoms with Crippen molar-refractivity contribution in [3.8, 4) is 11.1 Å². The quantitative estimate of drug-likeness (QED) is 0.584. The lowest BCUT2D eigenvalue weighted by molar-refractivity contribution is -0.137. The first-order valence-corrected chi connectivity index (χ1v) is 10.5. The Kier molecular flexibility index (Phi) is 7.55. The van der Waals surface area contributed by atoms with Crippen molar-refractivity contribution in [3.63, 3.8) is 0 Å². The summed E-state index contributed by atoms with van der Waals surface area (Å²) in [7, 11) is 0. The monoisotopic (exact) mass is 389 g/mol. The molecule has 4 heteroatoms. The number of nitrogens with one attached hydrogen (secondary N) is 1. The van der Waals surface area contributed by atoms with Gasteiger partial charge in [-0.3, -0.25) is 0 Å². The molecule has 1 heterocycles. The van der Waals surface area contributed by atoms with Crippen LogP contribution in [0, 0.1) is 11.8 Å². The lowest BCUT2D eigenvalue weighted by Crippen LogP contribution is -2.27. The third-order valence-corrected chi connectivity index (χ3v) is 5.68. The van der Waals surface area contributed by atoms with E-state index in [1.54, 1.807) is 30.3 Å². The van der Waals surface area contributed by atoms with Gasteiger partial charge < -0.3 is 5.32 Å². The van der Waals surface area contributed by atoms with Gasteiger partial charge in [0.1, 0.15) is 0 Å². The second-order valence-electron chi connectivity index (χ2n) is 8.01. The van der Waals surface area contributed by atoms with Gasteiger partial charge in [-0.1, -0.05) is 74.6 Å². The molecule has 0 radical (unpaired) electrons. The molecule has 1 N–H and O–H groups in total. The fourth-order valence-corrected chi connectivity index (χ4v) is 3.78. The van der Waals surface area contributed by atoms with Crippen molar-refractivity contribution in [2.45, 2.75) is 51.1 Å². The SMILES string of the molecule is C(CC1CCNCC1)CC1CC1.FC(F)(F)c1cccc(-c2ccccc2)c1. The molecule has 0 amide bonds. The number of halogens is 3. The Hall–Kier alpha value is -1.81. The molecule has 2 aliphatic rings. The molecular formula is C24H30F3N. The summed E-state index contributed by atoms with van der Waals surface area (Å²) >= 11 is 0. The number of benzene rings is 2. The van der Waals surface area contributed by atoms with Crippen molar-refractivity contribution in [2.75, 3.05) is 13.1 Å². The number of hydrogen-bond donors (Lipinski definition) is 1. The van der Waals surface area contributed by atoms with E-state index in [0.29, 0.717) is 5.56 Å². The first-order chi connectivity index (χ1) is 13.5. The van der Waals surface area contributed by atoms with Gasteiger partial charge in [-0.2, -0.15) is 13.2 Å². The zero-order chi connectivity index (χ0) is 19.8. The smallest absolute Gasteiger partial charge is 0.317 e. The van der Waals surface area contributed by atoms with E-state index in [1.165, 1.54) is 64.1 Å². The van der Waals surface area contributed by atoms with E-state index >= 15 is 0 Å². The molecule has 1 nitrogen and oxygen atoms in total. The molecule has 2 fully saturated rings. The van der Waals surface area contributed by atoms with E-state index in [0.717, 1.165) is 29.5 Å². The van der Waals surface area contributed by atoms with Gasteiger partial charge in [-0.25, -0.2) is 0 Å². The fraction of sp³-hybridized carbons (Fsp3) is 0.500. The van der Waals surface area contributed by atoms with E-state index < -0.39 is 11.7 Å². The maximum absolute atomic E-state index is 12.5. The average molecular weight is 390 g/mol. The zero-order valence-electron chi connectivity index (χ0n) is 16.3. The lowest BCUT2D eigenvalue weighted by atomic mass is 9.92. The van der Waals surface area contributed by atoms with Crippen molar-refractivity contribution in [2.24, 2.45) is 11.8 Å². The molecule has 1 saturated carbocycles. The third-order valence-electron chi connectivity index (χ3n) is 5.68. The Balaban J connectivity index is 0.000000167. The highest BCUT2D eigenvalue weighted by molar-refractivity contribution is 5.64. The van der Waals surface area contributed by atoms with Crippen LogP contribution in [0.15, 0.2) is 54.6 Å². The van der Waals surface area contributed by atoms with Crippen molar-refractivity contribution in [1.29, 1.82) is 0 Å². The molecule has 0 spiro atoms. The molecule has 1 aliphatic heterocycles. The molecule has 2 aromatic carbocycles. The minimum Gasteiger partial charge on any atom is -0.317 e. The molecule has 1 aliphatic carbocycles. The highest BCUT2D eigenvalue weighted by Gasteiger charge is 2.30. The Labute approximate surface area is 166 Å². The van der Waals surface area contributed by atoms with Gasteiger partial charge in [0.05, 0.1) is 5.56 Å². The van der Waals surface area contributed by atoms with E-state index in [2.05, 4.69) is 5.32 Å². The van der Waals surface area contributed by atoms with Crippen LogP contribution in [0.2, 0.25) is 0 Å². The standard InChI is InChI=1S/C13H9F3.C11H21N/c14-13(15,16)12-8-4-7-11(9-12)10-5-2-1-3-6-10;1(2-10-4-5-10)3-11-6-8-12-9-7-11/h1-9H;10-12H,1-9H2. The summed E-state index contributed by atoms with van der Waals surface area (Å²) in [5, 5.41) is 3.43. The molecule has 0 aromatic heterocycles. The fourth-order valence-electron chi connectivity index (χ4n) is 3.78. The maximum atomic E-state index is 12.5. The molecule has 4 rings (SSSR count). The summed E-state index contributed by atoms with van der Waals surface area (Å²) in [5.74, 6) is 2.21. The largest absolute Gasteiger partial charge is 0.416 e. The van der Waals surface area contributed by atoms with Crippen molar-refractivity contribution in [3.05, 3.63) is 60.2 Å². The highest BCUT2D eigenvalue weighted by Crippen LogP contribution is 2.35. The number of hydrogen-bond acceptors (Lipinski definition) is 1. The minimum atomic E-state index is -4.29. The van der Waals surface area contributed by atoms with Gasteiger partial charge in [-0.15, -0.1) is 0 Å². The Morgan fingerprint density at radius 2 is 1.36 bits per heavy atom. The van der Waals surface area contributed by atoms with E-state index in [9.17, 15) is 13.2 Å². The average Bonchev–Trinajstić information content (AvgIpc) is 3.54. The summed E-state index contributed by atoms with van der Waals surface area (Å²) in [6.45, 7) is 2.54. The van der Waals surface area contributed by atoms with E-state index in [-0.39, 0.29) is 0 Å². The van der Waals surface area contributed by atoms with Crippen molar-refractivity contribution >= 4 is 0 Å². The van der Waals surface area contributed by atoms with Crippen LogP contribution in [-0.2, 0) is 6.18 Å². The van der Waals surface area contributed by atoms with Gasteiger partial charge in [0.25, 0.3) is 0 Å². The van der Waals surface area contributed by atoms with Gasteiger partial charge in [0.15, 0.2) is 0 Å². The van der Waals surface area contributed by atoms with Crippen LogP contribution in [0.4, 0.5) is 13.2 Å². The van der Waals surface area contributed by atoms with Gasteiger partial charge in [0, 0.05) is 0 Å². The van der Waals surface area contributed by atoms with Crippen molar-refractivity contribution < 1.29 is 13.2 Å². The van der Waals surface area contributed by atoms with Crippen LogP contribution < -0.4 is 5.32 Å².